The predicted molar refractivity (Wildman–Crippen MR) is 101 cm³/mol. The van der Waals surface area contributed by atoms with Crippen molar-refractivity contribution in [3.05, 3.63) is 30.6 Å². The number of hydrogen-bond acceptors (Lipinski definition) is 1. The molecule has 1 aromatic heterocycles. The second-order valence-corrected chi connectivity index (χ2v) is 6.31. The first-order chi connectivity index (χ1) is 11.4. The molecule has 0 fully saturated rings. The lowest BCUT2D eigenvalue weighted by molar-refractivity contribution is 0.448. The van der Waals surface area contributed by atoms with Gasteiger partial charge in [-0.2, -0.15) is 0 Å². The van der Waals surface area contributed by atoms with Gasteiger partial charge in [0.25, 0.3) is 0 Å². The summed E-state index contributed by atoms with van der Waals surface area (Å²) < 4.78 is 11.8. The van der Waals surface area contributed by atoms with Crippen molar-refractivity contribution in [2.24, 2.45) is 0 Å². The molecule has 0 radical (unpaired) electrons. The van der Waals surface area contributed by atoms with E-state index in [1.165, 1.54) is 77.0 Å². The van der Waals surface area contributed by atoms with Crippen molar-refractivity contribution < 1.29 is 4.39 Å². The molecule has 0 aromatic carbocycles. The summed E-state index contributed by atoms with van der Waals surface area (Å²) in [7, 11) is 0. The summed E-state index contributed by atoms with van der Waals surface area (Å²) in [6.07, 6.45) is 22.0. The quantitative estimate of drug-likeness (QED) is 0.323. The monoisotopic (exact) mass is 323 g/mol. The van der Waals surface area contributed by atoms with Gasteiger partial charge in [-0.05, 0) is 18.6 Å². The SMILES string of the molecule is CCCCCCCCCCCCCCCCF.c1ccncc1. The lowest BCUT2D eigenvalue weighted by Crippen LogP contribution is -1.83. The Morgan fingerprint density at radius 2 is 0.957 bits per heavy atom. The highest BCUT2D eigenvalue weighted by Crippen LogP contribution is 2.12. The van der Waals surface area contributed by atoms with Gasteiger partial charge in [0.15, 0.2) is 0 Å². The van der Waals surface area contributed by atoms with Gasteiger partial charge in [0.1, 0.15) is 0 Å². The van der Waals surface area contributed by atoms with Crippen molar-refractivity contribution in [1.29, 1.82) is 0 Å². The second-order valence-electron chi connectivity index (χ2n) is 6.31. The number of aromatic nitrogens is 1. The van der Waals surface area contributed by atoms with Crippen LogP contribution in [0.2, 0.25) is 0 Å². The fourth-order valence-corrected chi connectivity index (χ4v) is 2.60. The van der Waals surface area contributed by atoms with Gasteiger partial charge in [-0.3, -0.25) is 9.37 Å². The minimum absolute atomic E-state index is 0.127. The number of rotatable bonds is 14. The van der Waals surface area contributed by atoms with Crippen LogP contribution in [0.15, 0.2) is 30.6 Å². The van der Waals surface area contributed by atoms with Crippen LogP contribution in [0.5, 0.6) is 0 Å². The third kappa shape index (κ3) is 21.1. The highest BCUT2D eigenvalue weighted by atomic mass is 19.1. The van der Waals surface area contributed by atoms with E-state index in [-0.39, 0.29) is 6.67 Å². The standard InChI is InChI=1S/C16H33F.C5H5N/c1-2-3-4-5-6-7-8-9-10-11-12-13-14-15-16-17;1-2-4-6-5-3-1/h2-16H2,1H3;1-5H. The van der Waals surface area contributed by atoms with Crippen molar-refractivity contribution in [3.63, 3.8) is 0 Å². The van der Waals surface area contributed by atoms with E-state index < -0.39 is 0 Å². The van der Waals surface area contributed by atoms with Gasteiger partial charge in [0.2, 0.25) is 0 Å². The fourth-order valence-electron chi connectivity index (χ4n) is 2.60. The molecule has 23 heavy (non-hydrogen) atoms. The maximum atomic E-state index is 11.8. The second kappa shape index (κ2) is 21.1. The predicted octanol–water partition coefficient (Wildman–Crippen LogP) is 7.52. The Morgan fingerprint density at radius 3 is 1.22 bits per heavy atom. The fraction of sp³-hybridized carbons (Fsp3) is 0.762. The molecule has 1 heterocycles. The molecule has 0 aliphatic carbocycles. The summed E-state index contributed by atoms with van der Waals surface area (Å²) in [5, 5.41) is 0. The zero-order chi connectivity index (χ0) is 16.8. The molecule has 0 atom stereocenters. The molecule has 0 aliphatic heterocycles. The molecular weight excluding hydrogens is 285 g/mol. The molecule has 0 saturated carbocycles. The molecule has 0 amide bonds. The highest BCUT2D eigenvalue weighted by Gasteiger charge is 1.93. The van der Waals surface area contributed by atoms with Gasteiger partial charge in [-0.15, -0.1) is 0 Å². The van der Waals surface area contributed by atoms with Crippen LogP contribution in [-0.4, -0.2) is 11.7 Å². The van der Waals surface area contributed by atoms with Gasteiger partial charge in [-0.1, -0.05) is 96.5 Å². The lowest BCUT2D eigenvalue weighted by Gasteiger charge is -2.02. The number of nitrogens with zero attached hydrogens (tertiary/aromatic N) is 1. The van der Waals surface area contributed by atoms with Crippen LogP contribution in [0.4, 0.5) is 4.39 Å². The van der Waals surface area contributed by atoms with Crippen LogP contribution in [0.25, 0.3) is 0 Å². The Hall–Kier alpha value is -0.920. The summed E-state index contributed by atoms with van der Waals surface area (Å²) in [5.41, 5.74) is 0. The van der Waals surface area contributed by atoms with Crippen LogP contribution in [0.1, 0.15) is 96.8 Å². The van der Waals surface area contributed by atoms with E-state index in [4.69, 9.17) is 0 Å². The topological polar surface area (TPSA) is 12.9 Å². The highest BCUT2D eigenvalue weighted by molar-refractivity contribution is 4.88. The summed E-state index contributed by atoms with van der Waals surface area (Å²) >= 11 is 0. The molecule has 134 valence electrons. The number of halogens is 1. The van der Waals surface area contributed by atoms with E-state index in [1.54, 1.807) is 12.4 Å². The molecule has 0 unspecified atom stereocenters. The largest absolute Gasteiger partial charge is 0.265 e. The molecule has 0 spiro atoms. The Kier molecular flexibility index (Phi) is 20.2. The van der Waals surface area contributed by atoms with Crippen LogP contribution in [0, 0.1) is 0 Å². The van der Waals surface area contributed by atoms with Crippen LogP contribution in [0.3, 0.4) is 0 Å². The average Bonchev–Trinajstić information content (AvgIpc) is 2.61. The van der Waals surface area contributed by atoms with Crippen molar-refractivity contribution in [3.8, 4) is 0 Å². The van der Waals surface area contributed by atoms with Gasteiger partial charge in [-0.25, -0.2) is 0 Å². The molecule has 0 aliphatic rings. The van der Waals surface area contributed by atoms with E-state index >= 15 is 0 Å². The maximum Gasteiger partial charge on any atom is 0.0894 e. The van der Waals surface area contributed by atoms with Crippen molar-refractivity contribution >= 4 is 0 Å². The van der Waals surface area contributed by atoms with Crippen LogP contribution < -0.4 is 0 Å². The minimum Gasteiger partial charge on any atom is -0.265 e. The number of unbranched alkanes of at least 4 members (excludes halogenated alkanes) is 13. The Bertz CT molecular complexity index is 248. The van der Waals surface area contributed by atoms with Gasteiger partial charge in [0.05, 0.1) is 6.67 Å². The third-order valence-electron chi connectivity index (χ3n) is 4.05. The number of pyridine rings is 1. The van der Waals surface area contributed by atoms with E-state index in [2.05, 4.69) is 11.9 Å². The Morgan fingerprint density at radius 1 is 0.565 bits per heavy atom. The van der Waals surface area contributed by atoms with E-state index in [1.807, 2.05) is 18.2 Å². The first-order valence-electron chi connectivity index (χ1n) is 9.82. The smallest absolute Gasteiger partial charge is 0.0894 e. The zero-order valence-corrected chi connectivity index (χ0v) is 15.3. The number of alkyl halides is 1. The summed E-state index contributed by atoms with van der Waals surface area (Å²) in [4.78, 5) is 3.78. The molecule has 1 aromatic rings. The van der Waals surface area contributed by atoms with Crippen molar-refractivity contribution in [2.45, 2.75) is 96.8 Å². The average molecular weight is 324 g/mol. The molecule has 1 rings (SSSR count). The zero-order valence-electron chi connectivity index (χ0n) is 15.3. The van der Waals surface area contributed by atoms with Crippen LogP contribution in [-0.2, 0) is 0 Å². The van der Waals surface area contributed by atoms with Gasteiger partial charge >= 0.3 is 0 Å². The van der Waals surface area contributed by atoms with Gasteiger partial charge < -0.3 is 0 Å². The summed E-state index contributed by atoms with van der Waals surface area (Å²) in [6, 6.07) is 5.72. The Balaban J connectivity index is 0.000000664. The normalized spacial score (nSPS) is 10.2. The molecule has 0 saturated heterocycles. The lowest BCUT2D eigenvalue weighted by atomic mass is 10.0. The summed E-state index contributed by atoms with van der Waals surface area (Å²) in [5.74, 6) is 0. The van der Waals surface area contributed by atoms with Crippen molar-refractivity contribution in [2.75, 3.05) is 6.67 Å². The van der Waals surface area contributed by atoms with E-state index in [0.717, 1.165) is 12.8 Å². The summed E-state index contributed by atoms with van der Waals surface area (Å²) in [6.45, 7) is 2.14. The first-order valence-corrected chi connectivity index (χ1v) is 9.82. The first kappa shape index (κ1) is 22.1. The molecule has 0 N–H and O–H groups in total. The van der Waals surface area contributed by atoms with E-state index in [0.29, 0.717) is 0 Å². The molecular formula is C21H38FN. The van der Waals surface area contributed by atoms with E-state index in [9.17, 15) is 4.39 Å². The minimum atomic E-state index is -0.127. The van der Waals surface area contributed by atoms with Crippen LogP contribution >= 0.6 is 0 Å². The Labute approximate surface area is 144 Å². The van der Waals surface area contributed by atoms with Gasteiger partial charge in [0, 0.05) is 12.4 Å². The third-order valence-corrected chi connectivity index (χ3v) is 4.05. The molecule has 2 heteroatoms. The molecule has 1 nitrogen and oxygen atoms in total. The van der Waals surface area contributed by atoms with Crippen molar-refractivity contribution in [1.82, 2.24) is 4.98 Å². The maximum absolute atomic E-state index is 11.8. The molecule has 0 bridgehead atoms. The number of hydrogen-bond donors (Lipinski definition) is 0.